The normalized spacial score (nSPS) is 43.3. The van der Waals surface area contributed by atoms with Crippen molar-refractivity contribution < 1.29 is 0 Å². The Kier molecular flexibility index (Phi) is 2.08. The van der Waals surface area contributed by atoms with E-state index in [1.54, 1.807) is 0 Å². The molecule has 0 aromatic carbocycles. The Morgan fingerprint density at radius 2 is 1.72 bits per heavy atom. The SMILES string of the molecule is NC(c1n[nH]c(=O)[nH]1)C12CC3CC(CC(C3)C1)C2. The Bertz CT molecular complexity index is 482. The zero-order valence-corrected chi connectivity index (χ0v) is 10.5. The van der Waals surface area contributed by atoms with Crippen LogP contribution in [0.5, 0.6) is 0 Å². The molecule has 4 bridgehead atoms. The standard InChI is InChI=1S/C13H20N4O/c14-10(11-15-12(18)17-16-11)13-4-7-1-8(5-13)3-9(2-7)6-13/h7-10H,1-6,14H2,(H2,15,16,17,18). The van der Waals surface area contributed by atoms with Crippen molar-refractivity contribution in [1.82, 2.24) is 15.2 Å². The number of hydrogen-bond donors (Lipinski definition) is 3. The number of H-pyrrole nitrogens is 2. The number of hydrogen-bond acceptors (Lipinski definition) is 3. The molecule has 0 saturated heterocycles. The van der Waals surface area contributed by atoms with Gasteiger partial charge in [-0.1, -0.05) is 0 Å². The van der Waals surface area contributed by atoms with Crippen molar-refractivity contribution in [1.29, 1.82) is 0 Å². The van der Waals surface area contributed by atoms with Crippen LogP contribution in [-0.2, 0) is 0 Å². The van der Waals surface area contributed by atoms with Crippen molar-refractivity contribution in [3.8, 4) is 0 Å². The average Bonchev–Trinajstić information content (AvgIpc) is 2.73. The van der Waals surface area contributed by atoms with Crippen LogP contribution in [0.3, 0.4) is 0 Å². The minimum atomic E-state index is -0.245. The molecule has 0 radical (unpaired) electrons. The lowest BCUT2D eigenvalue weighted by molar-refractivity contribution is -0.0691. The third-order valence-corrected chi connectivity index (χ3v) is 5.56. The van der Waals surface area contributed by atoms with E-state index in [2.05, 4.69) is 15.2 Å². The number of nitrogens with zero attached hydrogens (tertiary/aromatic N) is 1. The third kappa shape index (κ3) is 1.43. The Balaban J connectivity index is 1.69. The highest BCUT2D eigenvalue weighted by molar-refractivity contribution is 5.10. The van der Waals surface area contributed by atoms with Crippen molar-refractivity contribution >= 4 is 0 Å². The summed E-state index contributed by atoms with van der Waals surface area (Å²) in [6.07, 6.45) is 7.91. The fourth-order valence-electron chi connectivity index (χ4n) is 5.28. The quantitative estimate of drug-likeness (QED) is 0.737. The zero-order valence-electron chi connectivity index (χ0n) is 10.5. The molecule has 5 rings (SSSR count). The fourth-order valence-corrected chi connectivity index (χ4v) is 5.28. The molecule has 1 aromatic rings. The monoisotopic (exact) mass is 248 g/mol. The number of nitrogens with two attached hydrogens (primary N) is 1. The van der Waals surface area contributed by atoms with Crippen LogP contribution in [0, 0.1) is 23.2 Å². The van der Waals surface area contributed by atoms with Gasteiger partial charge in [0.2, 0.25) is 0 Å². The lowest BCUT2D eigenvalue weighted by Gasteiger charge is -2.58. The van der Waals surface area contributed by atoms with Crippen molar-refractivity contribution in [2.45, 2.75) is 44.6 Å². The first-order valence-electron chi connectivity index (χ1n) is 7.05. The molecular formula is C13H20N4O. The predicted octanol–water partition coefficient (Wildman–Crippen LogP) is 1.31. The number of aromatic nitrogens is 3. The molecule has 4 fully saturated rings. The molecule has 0 amide bonds. The van der Waals surface area contributed by atoms with Gasteiger partial charge in [0, 0.05) is 0 Å². The van der Waals surface area contributed by atoms with Gasteiger partial charge in [0.05, 0.1) is 6.04 Å². The largest absolute Gasteiger partial charge is 0.340 e. The van der Waals surface area contributed by atoms with E-state index in [4.69, 9.17) is 5.73 Å². The Morgan fingerprint density at radius 1 is 1.17 bits per heavy atom. The average molecular weight is 248 g/mol. The van der Waals surface area contributed by atoms with Crippen molar-refractivity contribution in [2.24, 2.45) is 28.9 Å². The highest BCUT2D eigenvalue weighted by Crippen LogP contribution is 2.63. The second kappa shape index (κ2) is 3.47. The first-order valence-corrected chi connectivity index (χ1v) is 7.05. The van der Waals surface area contributed by atoms with Crippen LogP contribution in [0.1, 0.15) is 50.4 Å². The van der Waals surface area contributed by atoms with Crippen LogP contribution >= 0.6 is 0 Å². The van der Waals surface area contributed by atoms with Crippen LogP contribution in [0.25, 0.3) is 0 Å². The van der Waals surface area contributed by atoms with E-state index < -0.39 is 0 Å². The molecule has 1 aromatic heterocycles. The molecule has 1 heterocycles. The van der Waals surface area contributed by atoms with Gasteiger partial charge < -0.3 is 5.73 Å². The number of nitrogens with one attached hydrogen (secondary N) is 2. The molecule has 18 heavy (non-hydrogen) atoms. The van der Waals surface area contributed by atoms with Gasteiger partial charge in [-0.2, -0.15) is 5.10 Å². The van der Waals surface area contributed by atoms with Crippen LogP contribution in [-0.4, -0.2) is 15.2 Å². The van der Waals surface area contributed by atoms with E-state index in [-0.39, 0.29) is 17.1 Å². The summed E-state index contributed by atoms with van der Waals surface area (Å²) in [5.74, 6) is 3.26. The highest BCUT2D eigenvalue weighted by atomic mass is 16.1. The third-order valence-electron chi connectivity index (χ3n) is 5.56. The Labute approximate surface area is 106 Å². The summed E-state index contributed by atoms with van der Waals surface area (Å²) < 4.78 is 0. The number of aromatic amines is 2. The van der Waals surface area contributed by atoms with Crippen LogP contribution in [0.2, 0.25) is 0 Å². The molecule has 1 unspecified atom stereocenters. The lowest BCUT2D eigenvalue weighted by atomic mass is 9.47. The van der Waals surface area contributed by atoms with E-state index in [0.717, 1.165) is 17.8 Å². The molecule has 5 heteroatoms. The molecular weight excluding hydrogens is 228 g/mol. The summed E-state index contributed by atoms with van der Waals surface area (Å²) in [5, 5.41) is 6.50. The molecule has 5 nitrogen and oxygen atoms in total. The molecule has 4 saturated carbocycles. The van der Waals surface area contributed by atoms with E-state index in [0.29, 0.717) is 5.82 Å². The summed E-state index contributed by atoms with van der Waals surface area (Å²) in [5.41, 5.74) is 6.41. The first kappa shape index (κ1) is 10.8. The van der Waals surface area contributed by atoms with Gasteiger partial charge >= 0.3 is 5.69 Å². The second-order valence-electron chi connectivity index (χ2n) is 6.82. The zero-order chi connectivity index (χ0) is 12.3. The number of rotatable bonds is 2. The molecule has 0 aliphatic heterocycles. The van der Waals surface area contributed by atoms with E-state index in [9.17, 15) is 4.79 Å². The fraction of sp³-hybridized carbons (Fsp3) is 0.846. The van der Waals surface area contributed by atoms with Gasteiger partial charge in [-0.05, 0) is 61.7 Å². The summed E-state index contributed by atoms with van der Waals surface area (Å²) >= 11 is 0. The summed E-state index contributed by atoms with van der Waals surface area (Å²) in [6.45, 7) is 0. The van der Waals surface area contributed by atoms with E-state index in [1.807, 2.05) is 0 Å². The van der Waals surface area contributed by atoms with Gasteiger partial charge in [-0.3, -0.25) is 4.98 Å². The predicted molar refractivity (Wildman–Crippen MR) is 66.7 cm³/mol. The maximum atomic E-state index is 11.2. The summed E-state index contributed by atoms with van der Waals surface area (Å²) in [4.78, 5) is 13.9. The van der Waals surface area contributed by atoms with Gasteiger partial charge in [0.25, 0.3) is 0 Å². The molecule has 1 atom stereocenters. The minimum absolute atomic E-state index is 0.107. The Morgan fingerprint density at radius 3 is 2.17 bits per heavy atom. The molecule has 0 spiro atoms. The first-order chi connectivity index (χ1) is 8.64. The van der Waals surface area contributed by atoms with E-state index >= 15 is 0 Å². The van der Waals surface area contributed by atoms with Crippen LogP contribution < -0.4 is 11.4 Å². The smallest absolute Gasteiger partial charge is 0.321 e. The summed E-state index contributed by atoms with van der Waals surface area (Å²) in [7, 11) is 0. The molecule has 98 valence electrons. The van der Waals surface area contributed by atoms with Gasteiger partial charge in [-0.25, -0.2) is 9.89 Å². The lowest BCUT2D eigenvalue weighted by Crippen LogP contribution is -2.51. The van der Waals surface area contributed by atoms with E-state index in [1.165, 1.54) is 38.5 Å². The van der Waals surface area contributed by atoms with Gasteiger partial charge in [-0.15, -0.1) is 0 Å². The molecule has 4 aliphatic carbocycles. The maximum absolute atomic E-state index is 11.2. The topological polar surface area (TPSA) is 87.6 Å². The van der Waals surface area contributed by atoms with Gasteiger partial charge in [0.1, 0.15) is 5.82 Å². The maximum Gasteiger partial charge on any atom is 0.340 e. The van der Waals surface area contributed by atoms with Crippen LogP contribution in [0.4, 0.5) is 0 Å². The van der Waals surface area contributed by atoms with Crippen molar-refractivity contribution in [3.63, 3.8) is 0 Å². The van der Waals surface area contributed by atoms with Crippen molar-refractivity contribution in [3.05, 3.63) is 16.3 Å². The minimum Gasteiger partial charge on any atom is -0.321 e. The van der Waals surface area contributed by atoms with Crippen LogP contribution in [0.15, 0.2) is 4.79 Å². The summed E-state index contributed by atoms with van der Waals surface area (Å²) in [6, 6.07) is -0.107. The molecule has 4 N–H and O–H groups in total. The van der Waals surface area contributed by atoms with Crippen molar-refractivity contribution in [2.75, 3.05) is 0 Å². The Hall–Kier alpha value is -1.10. The second-order valence-corrected chi connectivity index (χ2v) is 6.82. The highest BCUT2D eigenvalue weighted by Gasteiger charge is 2.54. The molecule has 4 aliphatic rings. The van der Waals surface area contributed by atoms with Gasteiger partial charge in [0.15, 0.2) is 0 Å².